The Labute approximate surface area is 126 Å². The first-order valence-corrected chi connectivity index (χ1v) is 9.00. The molecule has 0 spiro atoms. The monoisotopic (exact) mass is 281 g/mol. The summed E-state index contributed by atoms with van der Waals surface area (Å²) in [6.07, 6.45) is 8.16. The third-order valence-electron chi connectivity index (χ3n) is 5.08. The lowest BCUT2D eigenvalue weighted by atomic mass is 9.95. The predicted molar refractivity (Wildman–Crippen MR) is 87.2 cm³/mol. The average molecular weight is 281 g/mol. The van der Waals surface area contributed by atoms with Crippen LogP contribution in [0.4, 0.5) is 0 Å². The van der Waals surface area contributed by atoms with E-state index in [0.29, 0.717) is 0 Å². The molecule has 0 aliphatic carbocycles. The summed E-state index contributed by atoms with van der Waals surface area (Å²) in [5, 5.41) is 3.49. The van der Waals surface area contributed by atoms with E-state index in [1.165, 1.54) is 84.3 Å². The normalized spacial score (nSPS) is 23.6. The minimum absolute atomic E-state index is 0.859. The van der Waals surface area contributed by atoms with E-state index in [-0.39, 0.29) is 0 Å². The van der Waals surface area contributed by atoms with Crippen LogP contribution in [-0.4, -0.2) is 61.7 Å². The SMILES string of the molecule is CCCN1CCC(N(CCC)CC2CCNCC2)CC1. The van der Waals surface area contributed by atoms with Crippen LogP contribution in [0.3, 0.4) is 0 Å². The van der Waals surface area contributed by atoms with Crippen LogP contribution in [-0.2, 0) is 0 Å². The van der Waals surface area contributed by atoms with Crippen molar-refractivity contribution in [2.45, 2.75) is 58.4 Å². The van der Waals surface area contributed by atoms with Gasteiger partial charge in [-0.25, -0.2) is 0 Å². The second kappa shape index (κ2) is 9.01. The Morgan fingerprint density at radius 2 is 1.70 bits per heavy atom. The van der Waals surface area contributed by atoms with Crippen molar-refractivity contribution in [2.75, 3.05) is 45.8 Å². The third-order valence-corrected chi connectivity index (χ3v) is 5.08. The lowest BCUT2D eigenvalue weighted by Gasteiger charge is -2.40. The van der Waals surface area contributed by atoms with Gasteiger partial charge in [0.05, 0.1) is 0 Å². The van der Waals surface area contributed by atoms with Crippen LogP contribution in [0.2, 0.25) is 0 Å². The number of likely N-dealkylation sites (tertiary alicyclic amines) is 1. The molecular weight excluding hydrogens is 246 g/mol. The minimum Gasteiger partial charge on any atom is -0.317 e. The van der Waals surface area contributed by atoms with Crippen LogP contribution in [0.1, 0.15) is 52.4 Å². The molecule has 20 heavy (non-hydrogen) atoms. The molecule has 3 heteroatoms. The highest BCUT2D eigenvalue weighted by Crippen LogP contribution is 2.21. The zero-order valence-electron chi connectivity index (χ0n) is 13.7. The van der Waals surface area contributed by atoms with Crippen molar-refractivity contribution in [2.24, 2.45) is 5.92 Å². The van der Waals surface area contributed by atoms with Crippen LogP contribution in [0, 0.1) is 5.92 Å². The smallest absolute Gasteiger partial charge is 0.0120 e. The van der Waals surface area contributed by atoms with Crippen molar-refractivity contribution in [3.63, 3.8) is 0 Å². The molecule has 2 fully saturated rings. The van der Waals surface area contributed by atoms with E-state index in [4.69, 9.17) is 0 Å². The maximum atomic E-state index is 3.49. The number of nitrogens with one attached hydrogen (secondary N) is 1. The van der Waals surface area contributed by atoms with Crippen LogP contribution in [0.15, 0.2) is 0 Å². The Kier molecular flexibility index (Phi) is 7.32. The summed E-state index contributed by atoms with van der Waals surface area (Å²) >= 11 is 0. The number of piperidine rings is 2. The zero-order valence-corrected chi connectivity index (χ0v) is 13.7. The van der Waals surface area contributed by atoms with Crippen molar-refractivity contribution in [1.82, 2.24) is 15.1 Å². The van der Waals surface area contributed by atoms with E-state index < -0.39 is 0 Å². The molecule has 0 unspecified atom stereocenters. The van der Waals surface area contributed by atoms with Gasteiger partial charge in [0.15, 0.2) is 0 Å². The Morgan fingerprint density at radius 1 is 1.00 bits per heavy atom. The minimum atomic E-state index is 0.859. The molecule has 118 valence electrons. The standard InChI is InChI=1S/C17H35N3/c1-3-11-19-13-7-17(8-14-19)20(12-4-2)15-16-5-9-18-10-6-16/h16-18H,3-15H2,1-2H3. The molecule has 3 nitrogen and oxygen atoms in total. The number of hydrogen-bond donors (Lipinski definition) is 1. The molecule has 0 aromatic heterocycles. The van der Waals surface area contributed by atoms with Gasteiger partial charge in [-0.1, -0.05) is 13.8 Å². The Hall–Kier alpha value is -0.120. The van der Waals surface area contributed by atoms with E-state index in [1.54, 1.807) is 0 Å². The summed E-state index contributed by atoms with van der Waals surface area (Å²) in [6.45, 7) is 13.7. The van der Waals surface area contributed by atoms with E-state index >= 15 is 0 Å². The van der Waals surface area contributed by atoms with E-state index in [9.17, 15) is 0 Å². The fourth-order valence-electron chi connectivity index (χ4n) is 3.93. The Bertz CT molecular complexity index is 243. The van der Waals surface area contributed by atoms with Gasteiger partial charge in [0.1, 0.15) is 0 Å². The van der Waals surface area contributed by atoms with Gasteiger partial charge >= 0.3 is 0 Å². The van der Waals surface area contributed by atoms with E-state index in [0.717, 1.165) is 12.0 Å². The molecule has 0 atom stereocenters. The van der Waals surface area contributed by atoms with Crippen molar-refractivity contribution in [3.05, 3.63) is 0 Å². The van der Waals surface area contributed by atoms with E-state index in [2.05, 4.69) is 29.0 Å². The van der Waals surface area contributed by atoms with Gasteiger partial charge < -0.3 is 15.1 Å². The average Bonchev–Trinajstić information content (AvgIpc) is 2.49. The summed E-state index contributed by atoms with van der Waals surface area (Å²) < 4.78 is 0. The highest BCUT2D eigenvalue weighted by molar-refractivity contribution is 4.82. The largest absolute Gasteiger partial charge is 0.317 e. The number of nitrogens with zero attached hydrogens (tertiary/aromatic N) is 2. The van der Waals surface area contributed by atoms with Gasteiger partial charge in [-0.15, -0.1) is 0 Å². The third kappa shape index (κ3) is 5.01. The summed E-state index contributed by atoms with van der Waals surface area (Å²) in [7, 11) is 0. The Morgan fingerprint density at radius 3 is 2.30 bits per heavy atom. The second-order valence-corrected chi connectivity index (χ2v) is 6.76. The van der Waals surface area contributed by atoms with Crippen LogP contribution in [0.25, 0.3) is 0 Å². The lowest BCUT2D eigenvalue weighted by molar-refractivity contribution is 0.0888. The van der Waals surface area contributed by atoms with Gasteiger partial charge in [0.25, 0.3) is 0 Å². The molecule has 2 aliphatic rings. The zero-order chi connectivity index (χ0) is 14.2. The summed E-state index contributed by atoms with van der Waals surface area (Å²) in [5.74, 6) is 0.941. The maximum Gasteiger partial charge on any atom is 0.0120 e. The van der Waals surface area contributed by atoms with Crippen molar-refractivity contribution >= 4 is 0 Å². The fourth-order valence-corrected chi connectivity index (χ4v) is 3.93. The topological polar surface area (TPSA) is 18.5 Å². The molecule has 0 amide bonds. The fraction of sp³-hybridized carbons (Fsp3) is 1.00. The molecule has 2 heterocycles. The maximum absolute atomic E-state index is 3.49. The highest BCUT2D eigenvalue weighted by atomic mass is 15.2. The second-order valence-electron chi connectivity index (χ2n) is 6.76. The van der Waals surface area contributed by atoms with Gasteiger partial charge in [-0.3, -0.25) is 0 Å². The molecule has 0 saturated carbocycles. The van der Waals surface area contributed by atoms with Crippen molar-refractivity contribution in [1.29, 1.82) is 0 Å². The van der Waals surface area contributed by atoms with Gasteiger partial charge in [-0.2, -0.15) is 0 Å². The molecule has 1 N–H and O–H groups in total. The molecule has 0 aromatic carbocycles. The molecule has 0 aromatic rings. The summed E-state index contributed by atoms with van der Waals surface area (Å²) in [4.78, 5) is 5.49. The van der Waals surface area contributed by atoms with Gasteiger partial charge in [0, 0.05) is 12.6 Å². The summed E-state index contributed by atoms with van der Waals surface area (Å²) in [6, 6.07) is 0.859. The lowest BCUT2D eigenvalue weighted by Crippen LogP contribution is -2.47. The van der Waals surface area contributed by atoms with Crippen LogP contribution < -0.4 is 5.32 Å². The van der Waals surface area contributed by atoms with Crippen molar-refractivity contribution in [3.8, 4) is 0 Å². The quantitative estimate of drug-likeness (QED) is 0.774. The molecule has 2 saturated heterocycles. The first-order chi connectivity index (χ1) is 9.83. The Balaban J connectivity index is 1.78. The number of hydrogen-bond acceptors (Lipinski definition) is 3. The molecule has 0 bridgehead atoms. The first kappa shape index (κ1) is 16.3. The van der Waals surface area contributed by atoms with Crippen LogP contribution >= 0.6 is 0 Å². The number of rotatable bonds is 7. The molecule has 0 radical (unpaired) electrons. The van der Waals surface area contributed by atoms with Crippen LogP contribution in [0.5, 0.6) is 0 Å². The van der Waals surface area contributed by atoms with Gasteiger partial charge in [-0.05, 0) is 83.7 Å². The predicted octanol–water partition coefficient (Wildman–Crippen LogP) is 2.57. The molecule has 2 rings (SSSR count). The molecular formula is C17H35N3. The van der Waals surface area contributed by atoms with Gasteiger partial charge in [0.2, 0.25) is 0 Å². The van der Waals surface area contributed by atoms with Crippen molar-refractivity contribution < 1.29 is 0 Å². The summed E-state index contributed by atoms with van der Waals surface area (Å²) in [5.41, 5.74) is 0. The molecule has 2 aliphatic heterocycles. The first-order valence-electron chi connectivity index (χ1n) is 9.00. The highest BCUT2D eigenvalue weighted by Gasteiger charge is 2.26. The van der Waals surface area contributed by atoms with E-state index in [1.807, 2.05) is 0 Å².